The molecule has 0 aromatic heterocycles. The van der Waals surface area contributed by atoms with E-state index < -0.39 is 0 Å². The standard InChI is InChI=1S/C14H22BrNS/c1-5-12(16)13(14(2,3)4)17-11-8-6-10(15)7-9-11/h6-9,12-13H,5,16H2,1-4H3. The van der Waals surface area contributed by atoms with E-state index in [0.29, 0.717) is 5.25 Å². The highest BCUT2D eigenvalue weighted by atomic mass is 79.9. The van der Waals surface area contributed by atoms with Crippen molar-refractivity contribution in [2.24, 2.45) is 11.1 Å². The molecule has 0 aliphatic carbocycles. The highest BCUT2D eigenvalue weighted by molar-refractivity contribution is 9.10. The molecule has 1 rings (SSSR count). The average Bonchev–Trinajstić information content (AvgIpc) is 2.25. The Labute approximate surface area is 118 Å². The summed E-state index contributed by atoms with van der Waals surface area (Å²) in [4.78, 5) is 1.29. The highest BCUT2D eigenvalue weighted by Gasteiger charge is 2.30. The van der Waals surface area contributed by atoms with Gasteiger partial charge in [-0.3, -0.25) is 0 Å². The molecule has 2 atom stereocenters. The van der Waals surface area contributed by atoms with Crippen LogP contribution in [-0.2, 0) is 0 Å². The molecule has 0 saturated carbocycles. The Hall–Kier alpha value is 0.01000. The second-order valence-electron chi connectivity index (χ2n) is 5.43. The number of halogens is 1. The molecule has 17 heavy (non-hydrogen) atoms. The van der Waals surface area contributed by atoms with Crippen LogP contribution in [0.2, 0.25) is 0 Å². The molecule has 0 aliphatic heterocycles. The van der Waals surface area contributed by atoms with Crippen LogP contribution >= 0.6 is 27.7 Å². The number of benzene rings is 1. The van der Waals surface area contributed by atoms with Gasteiger partial charge < -0.3 is 5.73 Å². The number of hydrogen-bond donors (Lipinski definition) is 1. The smallest absolute Gasteiger partial charge is 0.0294 e. The van der Waals surface area contributed by atoms with Crippen molar-refractivity contribution in [3.8, 4) is 0 Å². The van der Waals surface area contributed by atoms with E-state index in [1.165, 1.54) is 4.90 Å². The summed E-state index contributed by atoms with van der Waals surface area (Å²) in [6.45, 7) is 8.95. The number of rotatable bonds is 4. The van der Waals surface area contributed by atoms with E-state index in [1.54, 1.807) is 0 Å². The van der Waals surface area contributed by atoms with Crippen LogP contribution in [0.25, 0.3) is 0 Å². The minimum absolute atomic E-state index is 0.215. The maximum atomic E-state index is 6.25. The van der Waals surface area contributed by atoms with Crippen molar-refractivity contribution < 1.29 is 0 Å². The van der Waals surface area contributed by atoms with Crippen LogP contribution in [0.15, 0.2) is 33.6 Å². The van der Waals surface area contributed by atoms with Gasteiger partial charge in [-0.25, -0.2) is 0 Å². The van der Waals surface area contributed by atoms with Gasteiger partial charge in [0.25, 0.3) is 0 Å². The molecule has 1 aromatic carbocycles. The first-order chi connectivity index (χ1) is 7.84. The van der Waals surface area contributed by atoms with E-state index in [9.17, 15) is 0 Å². The molecule has 0 aliphatic rings. The average molecular weight is 316 g/mol. The fourth-order valence-corrected chi connectivity index (χ4v) is 3.35. The maximum Gasteiger partial charge on any atom is 0.0294 e. The van der Waals surface area contributed by atoms with Crippen LogP contribution in [0.3, 0.4) is 0 Å². The third-order valence-corrected chi connectivity index (χ3v) is 5.17. The normalized spacial score (nSPS) is 15.6. The van der Waals surface area contributed by atoms with Crippen molar-refractivity contribution in [1.29, 1.82) is 0 Å². The quantitative estimate of drug-likeness (QED) is 0.815. The van der Waals surface area contributed by atoms with Crippen molar-refractivity contribution in [3.05, 3.63) is 28.7 Å². The lowest BCUT2D eigenvalue weighted by atomic mass is 9.87. The molecule has 3 heteroatoms. The topological polar surface area (TPSA) is 26.0 Å². The SMILES string of the molecule is CCC(N)C(Sc1ccc(Br)cc1)C(C)(C)C. The molecular formula is C14H22BrNS. The minimum Gasteiger partial charge on any atom is -0.327 e. The van der Waals surface area contributed by atoms with E-state index in [0.717, 1.165) is 10.9 Å². The zero-order chi connectivity index (χ0) is 13.1. The Kier molecular flexibility index (Phi) is 5.55. The first-order valence-corrected chi connectivity index (χ1v) is 7.69. The molecule has 2 N–H and O–H groups in total. The van der Waals surface area contributed by atoms with Crippen LogP contribution in [-0.4, -0.2) is 11.3 Å². The van der Waals surface area contributed by atoms with Gasteiger partial charge in [-0.05, 0) is 36.1 Å². The Morgan fingerprint density at radius 2 is 1.76 bits per heavy atom. The molecule has 1 aromatic rings. The lowest BCUT2D eigenvalue weighted by molar-refractivity contribution is 0.350. The third kappa shape index (κ3) is 4.65. The van der Waals surface area contributed by atoms with E-state index in [2.05, 4.69) is 67.9 Å². The summed E-state index contributed by atoms with van der Waals surface area (Å²) in [6.07, 6.45) is 1.02. The summed E-state index contributed by atoms with van der Waals surface area (Å²) >= 11 is 5.35. The van der Waals surface area contributed by atoms with Gasteiger partial charge in [0.05, 0.1) is 0 Å². The van der Waals surface area contributed by atoms with E-state index in [-0.39, 0.29) is 11.5 Å². The number of nitrogens with two attached hydrogens (primary N) is 1. The number of hydrogen-bond acceptors (Lipinski definition) is 2. The van der Waals surface area contributed by atoms with Gasteiger partial charge in [-0.15, -0.1) is 11.8 Å². The third-order valence-electron chi connectivity index (χ3n) is 2.79. The first kappa shape index (κ1) is 15.1. The van der Waals surface area contributed by atoms with Crippen molar-refractivity contribution in [2.45, 2.75) is 50.3 Å². The van der Waals surface area contributed by atoms with Gasteiger partial charge >= 0.3 is 0 Å². The molecule has 0 saturated heterocycles. The van der Waals surface area contributed by atoms with Crippen LogP contribution in [0, 0.1) is 5.41 Å². The summed E-state index contributed by atoms with van der Waals surface area (Å²) < 4.78 is 1.12. The van der Waals surface area contributed by atoms with Gasteiger partial charge in [-0.2, -0.15) is 0 Å². The van der Waals surface area contributed by atoms with Crippen molar-refractivity contribution in [1.82, 2.24) is 0 Å². The van der Waals surface area contributed by atoms with Crippen molar-refractivity contribution >= 4 is 27.7 Å². The Morgan fingerprint density at radius 3 is 2.18 bits per heavy atom. The molecule has 0 radical (unpaired) electrons. The van der Waals surface area contributed by atoms with Crippen LogP contribution in [0.5, 0.6) is 0 Å². The molecule has 96 valence electrons. The second kappa shape index (κ2) is 6.26. The summed E-state index contributed by atoms with van der Waals surface area (Å²) in [6, 6.07) is 8.70. The van der Waals surface area contributed by atoms with Gasteiger partial charge in [0.15, 0.2) is 0 Å². The Balaban J connectivity index is 2.83. The van der Waals surface area contributed by atoms with Crippen LogP contribution < -0.4 is 5.73 Å². The minimum atomic E-state index is 0.215. The molecule has 1 nitrogen and oxygen atoms in total. The molecule has 0 amide bonds. The summed E-state index contributed by atoms with van der Waals surface area (Å²) in [5, 5.41) is 0.439. The zero-order valence-electron chi connectivity index (χ0n) is 11.0. The maximum absolute atomic E-state index is 6.25. The summed E-state index contributed by atoms with van der Waals surface area (Å²) in [5.41, 5.74) is 6.47. The molecule has 0 bridgehead atoms. The lowest BCUT2D eigenvalue weighted by Crippen LogP contribution is -2.40. The predicted molar refractivity (Wildman–Crippen MR) is 81.5 cm³/mol. The summed E-state index contributed by atoms with van der Waals surface area (Å²) in [5.74, 6) is 0. The van der Waals surface area contributed by atoms with Crippen molar-refractivity contribution in [2.75, 3.05) is 0 Å². The fraction of sp³-hybridized carbons (Fsp3) is 0.571. The van der Waals surface area contributed by atoms with E-state index >= 15 is 0 Å². The van der Waals surface area contributed by atoms with Crippen molar-refractivity contribution in [3.63, 3.8) is 0 Å². The van der Waals surface area contributed by atoms with E-state index in [4.69, 9.17) is 5.73 Å². The fourth-order valence-electron chi connectivity index (χ4n) is 1.78. The Bertz CT molecular complexity index is 342. The second-order valence-corrected chi connectivity index (χ2v) is 7.56. The molecule has 0 spiro atoms. The monoisotopic (exact) mass is 315 g/mol. The largest absolute Gasteiger partial charge is 0.327 e. The van der Waals surface area contributed by atoms with Gasteiger partial charge in [0.1, 0.15) is 0 Å². The molecule has 0 heterocycles. The molecular weight excluding hydrogens is 294 g/mol. The van der Waals surface area contributed by atoms with Crippen LogP contribution in [0.4, 0.5) is 0 Å². The summed E-state index contributed by atoms with van der Waals surface area (Å²) in [7, 11) is 0. The van der Waals surface area contributed by atoms with Gasteiger partial charge in [0, 0.05) is 20.7 Å². The van der Waals surface area contributed by atoms with Gasteiger partial charge in [0.2, 0.25) is 0 Å². The first-order valence-electron chi connectivity index (χ1n) is 6.02. The Morgan fingerprint density at radius 1 is 1.24 bits per heavy atom. The highest BCUT2D eigenvalue weighted by Crippen LogP contribution is 2.37. The van der Waals surface area contributed by atoms with Crippen LogP contribution in [0.1, 0.15) is 34.1 Å². The lowest BCUT2D eigenvalue weighted by Gasteiger charge is -2.34. The number of thioether (sulfide) groups is 1. The predicted octanol–water partition coefficient (Wildman–Crippen LogP) is 4.69. The molecule has 0 fully saturated rings. The van der Waals surface area contributed by atoms with E-state index in [1.807, 2.05) is 11.8 Å². The van der Waals surface area contributed by atoms with Gasteiger partial charge in [-0.1, -0.05) is 43.6 Å². The molecule has 2 unspecified atom stereocenters. The zero-order valence-corrected chi connectivity index (χ0v) is 13.4.